The normalized spacial score (nSPS) is 21.5. The summed E-state index contributed by atoms with van der Waals surface area (Å²) in [6.45, 7) is 3.17. The Kier molecular flexibility index (Phi) is 5.56. The standard InChI is InChI=1S/C12H17ClN2.ClH/c13-11-5-3-10(4-6-11)8-15-7-1-2-12(14)9-15;/h3-6,12H,1-2,7-9,14H2;1H/t12-;/m1./s1. The summed E-state index contributed by atoms with van der Waals surface area (Å²) in [7, 11) is 0. The zero-order valence-corrected chi connectivity index (χ0v) is 10.8. The van der Waals surface area contributed by atoms with E-state index >= 15 is 0 Å². The van der Waals surface area contributed by atoms with Crippen LogP contribution < -0.4 is 5.73 Å². The van der Waals surface area contributed by atoms with Crippen molar-refractivity contribution in [1.82, 2.24) is 4.90 Å². The van der Waals surface area contributed by atoms with E-state index in [1.54, 1.807) is 0 Å². The summed E-state index contributed by atoms with van der Waals surface area (Å²) in [4.78, 5) is 2.41. The maximum Gasteiger partial charge on any atom is 0.0406 e. The Morgan fingerprint density at radius 3 is 2.62 bits per heavy atom. The summed E-state index contributed by atoms with van der Waals surface area (Å²) >= 11 is 5.84. The lowest BCUT2D eigenvalue weighted by molar-refractivity contribution is 0.201. The molecular formula is C12H18Cl2N2. The fourth-order valence-corrected chi connectivity index (χ4v) is 2.21. The smallest absolute Gasteiger partial charge is 0.0406 e. The number of piperidine rings is 1. The van der Waals surface area contributed by atoms with Crippen LogP contribution >= 0.6 is 24.0 Å². The van der Waals surface area contributed by atoms with Crippen LogP contribution in [0.15, 0.2) is 24.3 Å². The summed E-state index contributed by atoms with van der Waals surface area (Å²) in [6, 6.07) is 8.41. The fourth-order valence-electron chi connectivity index (χ4n) is 2.08. The summed E-state index contributed by atoms with van der Waals surface area (Å²) < 4.78 is 0. The largest absolute Gasteiger partial charge is 0.327 e. The first-order valence-electron chi connectivity index (χ1n) is 5.46. The van der Waals surface area contributed by atoms with Crippen molar-refractivity contribution >= 4 is 24.0 Å². The number of benzene rings is 1. The van der Waals surface area contributed by atoms with Crippen molar-refractivity contribution < 1.29 is 0 Å². The van der Waals surface area contributed by atoms with Crippen molar-refractivity contribution in [2.45, 2.75) is 25.4 Å². The number of nitrogens with two attached hydrogens (primary N) is 1. The van der Waals surface area contributed by atoms with E-state index in [1.807, 2.05) is 12.1 Å². The van der Waals surface area contributed by atoms with E-state index in [1.165, 1.54) is 12.0 Å². The second-order valence-corrected chi connectivity index (χ2v) is 4.70. The number of hydrogen-bond acceptors (Lipinski definition) is 2. The molecule has 1 saturated heterocycles. The molecule has 2 nitrogen and oxygen atoms in total. The average molecular weight is 261 g/mol. The molecule has 0 saturated carbocycles. The highest BCUT2D eigenvalue weighted by molar-refractivity contribution is 6.30. The molecule has 90 valence electrons. The summed E-state index contributed by atoms with van der Waals surface area (Å²) in [6.07, 6.45) is 2.38. The molecule has 1 aromatic rings. The number of likely N-dealkylation sites (tertiary alicyclic amines) is 1. The van der Waals surface area contributed by atoms with Gasteiger partial charge in [-0.25, -0.2) is 0 Å². The van der Waals surface area contributed by atoms with Crippen molar-refractivity contribution in [3.05, 3.63) is 34.9 Å². The van der Waals surface area contributed by atoms with Crippen LogP contribution in [-0.4, -0.2) is 24.0 Å². The Morgan fingerprint density at radius 1 is 1.31 bits per heavy atom. The van der Waals surface area contributed by atoms with Crippen molar-refractivity contribution in [1.29, 1.82) is 0 Å². The molecule has 0 unspecified atom stereocenters. The van der Waals surface area contributed by atoms with Gasteiger partial charge in [0.15, 0.2) is 0 Å². The third-order valence-electron chi connectivity index (χ3n) is 2.86. The van der Waals surface area contributed by atoms with Gasteiger partial charge in [0.1, 0.15) is 0 Å². The third kappa shape index (κ3) is 3.95. The summed E-state index contributed by atoms with van der Waals surface area (Å²) in [5.74, 6) is 0. The van der Waals surface area contributed by atoms with Crippen molar-refractivity contribution in [2.24, 2.45) is 5.73 Å². The van der Waals surface area contributed by atoms with Crippen LogP contribution in [0.25, 0.3) is 0 Å². The van der Waals surface area contributed by atoms with E-state index in [9.17, 15) is 0 Å². The number of rotatable bonds is 2. The SMILES string of the molecule is Cl.N[C@@H]1CCCN(Cc2ccc(Cl)cc2)C1. The van der Waals surface area contributed by atoms with Crippen LogP contribution in [0, 0.1) is 0 Å². The van der Waals surface area contributed by atoms with Gasteiger partial charge in [0.2, 0.25) is 0 Å². The monoisotopic (exact) mass is 260 g/mol. The van der Waals surface area contributed by atoms with E-state index in [0.717, 1.165) is 31.1 Å². The molecule has 1 fully saturated rings. The van der Waals surface area contributed by atoms with Crippen molar-refractivity contribution in [3.63, 3.8) is 0 Å². The summed E-state index contributed by atoms with van der Waals surface area (Å²) in [5.41, 5.74) is 7.25. The van der Waals surface area contributed by atoms with Gasteiger partial charge in [-0.2, -0.15) is 0 Å². The number of nitrogens with zero attached hydrogens (tertiary/aromatic N) is 1. The van der Waals surface area contributed by atoms with E-state index in [0.29, 0.717) is 6.04 Å². The topological polar surface area (TPSA) is 29.3 Å². The molecule has 1 aliphatic rings. The molecule has 2 N–H and O–H groups in total. The predicted molar refractivity (Wildman–Crippen MR) is 71.2 cm³/mol. The molecular weight excluding hydrogens is 243 g/mol. The molecule has 1 heterocycles. The van der Waals surface area contributed by atoms with Crippen LogP contribution in [0.4, 0.5) is 0 Å². The Labute approximate surface area is 108 Å². The Hall–Kier alpha value is -0.280. The van der Waals surface area contributed by atoms with Gasteiger partial charge >= 0.3 is 0 Å². The lowest BCUT2D eigenvalue weighted by Crippen LogP contribution is -2.42. The van der Waals surface area contributed by atoms with Gasteiger partial charge < -0.3 is 5.73 Å². The fraction of sp³-hybridized carbons (Fsp3) is 0.500. The minimum absolute atomic E-state index is 0. The first-order chi connectivity index (χ1) is 7.24. The van der Waals surface area contributed by atoms with Gasteiger partial charge in [0.25, 0.3) is 0 Å². The minimum atomic E-state index is 0. The van der Waals surface area contributed by atoms with E-state index in [4.69, 9.17) is 17.3 Å². The van der Waals surface area contributed by atoms with E-state index < -0.39 is 0 Å². The predicted octanol–water partition coefficient (Wildman–Crippen LogP) is 2.68. The second-order valence-electron chi connectivity index (χ2n) is 4.26. The first-order valence-corrected chi connectivity index (χ1v) is 5.84. The van der Waals surface area contributed by atoms with Gasteiger partial charge in [-0.1, -0.05) is 23.7 Å². The van der Waals surface area contributed by atoms with Crippen molar-refractivity contribution in [3.8, 4) is 0 Å². The lowest BCUT2D eigenvalue weighted by Gasteiger charge is -2.30. The zero-order valence-electron chi connectivity index (χ0n) is 9.23. The molecule has 0 aromatic heterocycles. The van der Waals surface area contributed by atoms with Crippen LogP contribution in [0.5, 0.6) is 0 Å². The molecule has 0 bridgehead atoms. The van der Waals surface area contributed by atoms with Crippen LogP contribution in [0.2, 0.25) is 5.02 Å². The minimum Gasteiger partial charge on any atom is -0.327 e. The molecule has 0 aliphatic carbocycles. The Balaban J connectivity index is 0.00000128. The quantitative estimate of drug-likeness (QED) is 0.886. The molecule has 1 atom stereocenters. The molecule has 2 rings (SSSR count). The van der Waals surface area contributed by atoms with E-state index in [-0.39, 0.29) is 12.4 Å². The molecule has 0 spiro atoms. The Morgan fingerprint density at radius 2 is 2.00 bits per heavy atom. The number of hydrogen-bond donors (Lipinski definition) is 1. The molecule has 0 amide bonds. The van der Waals surface area contributed by atoms with Gasteiger partial charge in [-0.05, 0) is 37.1 Å². The van der Waals surface area contributed by atoms with Gasteiger partial charge in [0.05, 0.1) is 0 Å². The third-order valence-corrected chi connectivity index (χ3v) is 3.11. The van der Waals surface area contributed by atoms with E-state index in [2.05, 4.69) is 17.0 Å². The first kappa shape index (κ1) is 13.8. The molecule has 1 aromatic carbocycles. The van der Waals surface area contributed by atoms with Gasteiger partial charge in [-0.3, -0.25) is 4.90 Å². The molecule has 0 radical (unpaired) electrons. The highest BCUT2D eigenvalue weighted by Gasteiger charge is 2.16. The van der Waals surface area contributed by atoms with Crippen molar-refractivity contribution in [2.75, 3.05) is 13.1 Å². The van der Waals surface area contributed by atoms with Crippen LogP contribution in [0.3, 0.4) is 0 Å². The molecule has 4 heteroatoms. The zero-order chi connectivity index (χ0) is 10.7. The maximum atomic E-state index is 5.94. The highest BCUT2D eigenvalue weighted by Crippen LogP contribution is 2.14. The van der Waals surface area contributed by atoms with Gasteiger partial charge in [-0.15, -0.1) is 12.4 Å². The van der Waals surface area contributed by atoms with Crippen LogP contribution in [0.1, 0.15) is 18.4 Å². The Bertz CT molecular complexity index is 313. The maximum absolute atomic E-state index is 5.94. The van der Waals surface area contributed by atoms with Gasteiger partial charge in [0, 0.05) is 24.2 Å². The summed E-state index contributed by atoms with van der Waals surface area (Å²) in [5, 5.41) is 0.800. The molecule has 16 heavy (non-hydrogen) atoms. The second kappa shape index (κ2) is 6.45. The van der Waals surface area contributed by atoms with Crippen LogP contribution in [-0.2, 0) is 6.54 Å². The average Bonchev–Trinajstić information content (AvgIpc) is 2.22. The lowest BCUT2D eigenvalue weighted by atomic mass is 10.1. The number of halogens is 2. The highest BCUT2D eigenvalue weighted by atomic mass is 35.5. The molecule has 1 aliphatic heterocycles.